The summed E-state index contributed by atoms with van der Waals surface area (Å²) in [4.78, 5) is 0. The molecule has 1 fully saturated rings. The Kier molecular flexibility index (Phi) is 4.45. The molecule has 0 radical (unpaired) electrons. The second-order valence-electron chi connectivity index (χ2n) is 4.03. The number of hydrogen-bond acceptors (Lipinski definition) is 4. The molecule has 0 N–H and O–H groups in total. The van der Waals surface area contributed by atoms with Crippen molar-refractivity contribution in [2.45, 2.75) is 18.9 Å². The monoisotopic (exact) mass is 311 g/mol. The summed E-state index contributed by atoms with van der Waals surface area (Å²) in [6.45, 7) is 1.40. The first kappa shape index (κ1) is 13.2. The van der Waals surface area contributed by atoms with Gasteiger partial charge in [-0.15, -0.1) is 0 Å². The zero-order chi connectivity index (χ0) is 13.0. The van der Waals surface area contributed by atoms with Crippen LogP contribution in [-0.2, 0) is 4.74 Å². The van der Waals surface area contributed by atoms with Crippen LogP contribution in [0.15, 0.2) is 16.6 Å². The summed E-state index contributed by atoms with van der Waals surface area (Å²) in [5.74, 6) is 1.10. The highest BCUT2D eigenvalue weighted by Crippen LogP contribution is 2.36. The zero-order valence-corrected chi connectivity index (χ0v) is 11.7. The van der Waals surface area contributed by atoms with Gasteiger partial charge < -0.3 is 14.2 Å². The van der Waals surface area contributed by atoms with Crippen LogP contribution < -0.4 is 9.47 Å². The lowest BCUT2D eigenvalue weighted by Gasteiger charge is -2.24. The van der Waals surface area contributed by atoms with Crippen molar-refractivity contribution < 1.29 is 14.2 Å². The Morgan fingerprint density at radius 2 is 2.11 bits per heavy atom. The summed E-state index contributed by atoms with van der Waals surface area (Å²) in [7, 11) is 1.57. The second kappa shape index (κ2) is 6.07. The lowest BCUT2D eigenvalue weighted by atomic mass is 10.1. The van der Waals surface area contributed by atoms with Crippen molar-refractivity contribution in [1.29, 1.82) is 5.26 Å². The van der Waals surface area contributed by atoms with Gasteiger partial charge in [-0.25, -0.2) is 0 Å². The number of hydrogen-bond donors (Lipinski definition) is 0. The fourth-order valence-corrected chi connectivity index (χ4v) is 2.32. The average Bonchev–Trinajstić information content (AvgIpc) is 2.41. The van der Waals surface area contributed by atoms with Crippen molar-refractivity contribution >= 4 is 15.9 Å². The maximum Gasteiger partial charge on any atom is 0.179 e. The molecule has 1 aliphatic heterocycles. The van der Waals surface area contributed by atoms with Gasteiger partial charge in [0.25, 0.3) is 0 Å². The Morgan fingerprint density at radius 3 is 2.72 bits per heavy atom. The van der Waals surface area contributed by atoms with E-state index in [1.54, 1.807) is 19.2 Å². The number of ether oxygens (including phenoxy) is 3. The van der Waals surface area contributed by atoms with E-state index in [4.69, 9.17) is 19.5 Å². The van der Waals surface area contributed by atoms with E-state index >= 15 is 0 Å². The predicted octanol–water partition coefficient (Wildman–Crippen LogP) is 2.89. The minimum absolute atomic E-state index is 0.0842. The molecule has 0 bridgehead atoms. The summed E-state index contributed by atoms with van der Waals surface area (Å²) in [5, 5.41) is 9.16. The third kappa shape index (κ3) is 2.95. The summed E-state index contributed by atoms with van der Waals surface area (Å²) in [6.07, 6.45) is 1.76. The highest BCUT2D eigenvalue weighted by molar-refractivity contribution is 9.10. The average molecular weight is 312 g/mol. The van der Waals surface area contributed by atoms with Crippen molar-refractivity contribution in [3.63, 3.8) is 0 Å². The van der Waals surface area contributed by atoms with E-state index < -0.39 is 0 Å². The summed E-state index contributed by atoms with van der Waals surface area (Å²) >= 11 is 3.35. The van der Waals surface area contributed by atoms with Crippen LogP contribution in [0.1, 0.15) is 18.4 Å². The van der Waals surface area contributed by atoms with E-state index in [0.717, 1.165) is 17.3 Å². The third-order valence-corrected chi connectivity index (χ3v) is 3.27. The van der Waals surface area contributed by atoms with Crippen LogP contribution in [0.4, 0.5) is 0 Å². The molecule has 0 aromatic heterocycles. The Balaban J connectivity index is 2.27. The van der Waals surface area contributed by atoms with Crippen molar-refractivity contribution in [3.8, 4) is 17.6 Å². The Bertz CT molecular complexity index is 464. The van der Waals surface area contributed by atoms with E-state index in [0.29, 0.717) is 30.3 Å². The highest BCUT2D eigenvalue weighted by atomic mass is 79.9. The fourth-order valence-electron chi connectivity index (χ4n) is 1.89. The molecule has 0 unspecified atom stereocenters. The molecule has 4 nitrogen and oxygen atoms in total. The maximum absolute atomic E-state index is 9.16. The van der Waals surface area contributed by atoms with Gasteiger partial charge in [-0.1, -0.05) is 15.9 Å². The molecule has 0 atom stereocenters. The molecule has 18 heavy (non-hydrogen) atoms. The van der Waals surface area contributed by atoms with E-state index in [-0.39, 0.29) is 6.10 Å². The Hall–Kier alpha value is -1.25. The molecule has 1 saturated heterocycles. The molecule has 1 aromatic carbocycles. The lowest BCUT2D eigenvalue weighted by molar-refractivity contribution is 0.0244. The van der Waals surface area contributed by atoms with Crippen molar-refractivity contribution in [3.05, 3.63) is 22.2 Å². The van der Waals surface area contributed by atoms with Gasteiger partial charge in [0.1, 0.15) is 12.2 Å². The smallest absolute Gasteiger partial charge is 0.179 e. The topological polar surface area (TPSA) is 51.5 Å². The van der Waals surface area contributed by atoms with Gasteiger partial charge in [-0.3, -0.25) is 0 Å². The van der Waals surface area contributed by atoms with E-state index in [1.165, 1.54) is 0 Å². The first-order valence-corrected chi connectivity index (χ1v) is 6.56. The minimum Gasteiger partial charge on any atom is -0.493 e. The number of nitriles is 1. The molecule has 0 spiro atoms. The standard InChI is InChI=1S/C13H14BrNO3/c1-16-12-7-10(14)6-9(8-15)13(12)18-11-2-4-17-5-3-11/h6-7,11H,2-5H2,1H3. The van der Waals surface area contributed by atoms with E-state index in [1.807, 2.05) is 0 Å². The number of benzene rings is 1. The molecule has 0 saturated carbocycles. The van der Waals surface area contributed by atoms with Crippen LogP contribution >= 0.6 is 15.9 Å². The number of halogens is 1. The number of methoxy groups -OCH3 is 1. The van der Waals surface area contributed by atoms with Gasteiger partial charge in [0, 0.05) is 17.3 Å². The zero-order valence-electron chi connectivity index (χ0n) is 10.1. The van der Waals surface area contributed by atoms with Crippen LogP contribution in [0.25, 0.3) is 0 Å². The maximum atomic E-state index is 9.16. The molecule has 5 heteroatoms. The Labute approximate surface area is 115 Å². The predicted molar refractivity (Wildman–Crippen MR) is 69.9 cm³/mol. The molecule has 2 rings (SSSR count). The summed E-state index contributed by atoms with van der Waals surface area (Å²) in [6, 6.07) is 5.67. The molecular formula is C13H14BrNO3. The highest BCUT2D eigenvalue weighted by Gasteiger charge is 2.20. The summed E-state index contributed by atoms with van der Waals surface area (Å²) < 4.78 is 17.3. The quantitative estimate of drug-likeness (QED) is 0.861. The molecule has 1 heterocycles. The SMILES string of the molecule is COc1cc(Br)cc(C#N)c1OC1CCOCC1. The van der Waals surface area contributed by atoms with E-state index in [2.05, 4.69) is 22.0 Å². The van der Waals surface area contributed by atoms with Gasteiger partial charge in [0.05, 0.1) is 25.9 Å². The van der Waals surface area contributed by atoms with Crippen molar-refractivity contribution in [2.75, 3.05) is 20.3 Å². The van der Waals surface area contributed by atoms with Gasteiger partial charge in [-0.05, 0) is 12.1 Å². The van der Waals surface area contributed by atoms with Crippen LogP contribution in [0, 0.1) is 11.3 Å². The first-order valence-electron chi connectivity index (χ1n) is 5.76. The van der Waals surface area contributed by atoms with Gasteiger partial charge in [-0.2, -0.15) is 5.26 Å². The van der Waals surface area contributed by atoms with Crippen LogP contribution in [0.3, 0.4) is 0 Å². The molecule has 1 aromatic rings. The van der Waals surface area contributed by atoms with Gasteiger partial charge in [0.15, 0.2) is 11.5 Å². The molecular weight excluding hydrogens is 298 g/mol. The van der Waals surface area contributed by atoms with Crippen molar-refractivity contribution in [1.82, 2.24) is 0 Å². The van der Waals surface area contributed by atoms with Crippen LogP contribution in [-0.4, -0.2) is 26.4 Å². The largest absolute Gasteiger partial charge is 0.493 e. The molecule has 1 aliphatic rings. The third-order valence-electron chi connectivity index (χ3n) is 2.81. The molecule has 0 amide bonds. The molecule has 0 aliphatic carbocycles. The van der Waals surface area contributed by atoms with Crippen molar-refractivity contribution in [2.24, 2.45) is 0 Å². The summed E-state index contributed by atoms with van der Waals surface area (Å²) in [5.41, 5.74) is 0.479. The van der Waals surface area contributed by atoms with Gasteiger partial charge >= 0.3 is 0 Å². The minimum atomic E-state index is 0.0842. The van der Waals surface area contributed by atoms with E-state index in [9.17, 15) is 0 Å². The number of rotatable bonds is 3. The van der Waals surface area contributed by atoms with Gasteiger partial charge in [0.2, 0.25) is 0 Å². The lowest BCUT2D eigenvalue weighted by Crippen LogP contribution is -2.26. The van der Waals surface area contributed by atoms with Crippen LogP contribution in [0.5, 0.6) is 11.5 Å². The number of nitrogens with zero attached hydrogens (tertiary/aromatic N) is 1. The first-order chi connectivity index (χ1) is 8.74. The normalized spacial score (nSPS) is 16.1. The Morgan fingerprint density at radius 1 is 1.39 bits per heavy atom. The fraction of sp³-hybridized carbons (Fsp3) is 0.462. The van der Waals surface area contributed by atoms with Crippen LogP contribution in [0.2, 0.25) is 0 Å². The second-order valence-corrected chi connectivity index (χ2v) is 4.94. The molecule has 96 valence electrons.